The van der Waals surface area contributed by atoms with E-state index in [-0.39, 0.29) is 6.10 Å². The largest absolute Gasteiger partial charge is 0.494 e. The lowest BCUT2D eigenvalue weighted by atomic mass is 10.1. The number of rotatable bonds is 5. The second kappa shape index (κ2) is 8.71. The SMILES string of the molecule is CCOc1cccc(CNC(=NC)N2CCOC(c3cnn(C)c3)C2)c1. The van der Waals surface area contributed by atoms with Crippen LogP contribution < -0.4 is 10.1 Å². The zero-order valence-electron chi connectivity index (χ0n) is 15.7. The summed E-state index contributed by atoms with van der Waals surface area (Å²) in [5, 5.41) is 7.69. The summed E-state index contributed by atoms with van der Waals surface area (Å²) < 4.78 is 13.3. The first-order chi connectivity index (χ1) is 12.7. The number of benzene rings is 1. The third kappa shape index (κ3) is 4.54. The van der Waals surface area contributed by atoms with Crippen LogP contribution >= 0.6 is 0 Å². The van der Waals surface area contributed by atoms with Crippen LogP contribution in [0.2, 0.25) is 0 Å². The molecule has 0 spiro atoms. The van der Waals surface area contributed by atoms with E-state index in [0.29, 0.717) is 19.8 Å². The quantitative estimate of drug-likeness (QED) is 0.655. The summed E-state index contributed by atoms with van der Waals surface area (Å²) in [5.74, 6) is 1.77. The number of aromatic nitrogens is 2. The van der Waals surface area contributed by atoms with Crippen molar-refractivity contribution >= 4 is 5.96 Å². The second-order valence-electron chi connectivity index (χ2n) is 6.23. The lowest BCUT2D eigenvalue weighted by Crippen LogP contribution is -2.47. The monoisotopic (exact) mass is 357 g/mol. The number of guanidine groups is 1. The van der Waals surface area contributed by atoms with E-state index in [1.54, 1.807) is 4.68 Å². The Bertz CT molecular complexity index is 743. The molecule has 1 aromatic heterocycles. The van der Waals surface area contributed by atoms with Gasteiger partial charge in [0.2, 0.25) is 0 Å². The molecule has 1 aromatic carbocycles. The van der Waals surface area contributed by atoms with Gasteiger partial charge in [-0.1, -0.05) is 12.1 Å². The molecule has 1 atom stereocenters. The Morgan fingerprint density at radius 1 is 1.46 bits per heavy atom. The van der Waals surface area contributed by atoms with E-state index in [9.17, 15) is 0 Å². The zero-order chi connectivity index (χ0) is 18.4. The van der Waals surface area contributed by atoms with Crippen molar-refractivity contribution < 1.29 is 9.47 Å². The number of nitrogens with one attached hydrogen (secondary N) is 1. The molecule has 140 valence electrons. The average molecular weight is 357 g/mol. The number of nitrogens with zero attached hydrogens (tertiary/aromatic N) is 4. The van der Waals surface area contributed by atoms with Gasteiger partial charge in [0.15, 0.2) is 5.96 Å². The second-order valence-corrected chi connectivity index (χ2v) is 6.23. The molecular weight excluding hydrogens is 330 g/mol. The van der Waals surface area contributed by atoms with E-state index in [4.69, 9.17) is 9.47 Å². The van der Waals surface area contributed by atoms with Gasteiger partial charge < -0.3 is 19.7 Å². The lowest BCUT2D eigenvalue weighted by Gasteiger charge is -2.34. The molecule has 1 aliphatic rings. The van der Waals surface area contributed by atoms with Gasteiger partial charge in [-0.15, -0.1) is 0 Å². The Labute approximate surface area is 154 Å². The van der Waals surface area contributed by atoms with Gasteiger partial charge >= 0.3 is 0 Å². The van der Waals surface area contributed by atoms with Crippen molar-refractivity contribution in [2.24, 2.45) is 12.0 Å². The van der Waals surface area contributed by atoms with Crippen LogP contribution in [0.1, 0.15) is 24.2 Å². The van der Waals surface area contributed by atoms with E-state index in [2.05, 4.69) is 32.4 Å². The fraction of sp³-hybridized carbons (Fsp3) is 0.474. The summed E-state index contributed by atoms with van der Waals surface area (Å²) in [5.41, 5.74) is 2.26. The molecule has 3 rings (SSSR count). The average Bonchev–Trinajstić information content (AvgIpc) is 3.10. The third-order valence-corrected chi connectivity index (χ3v) is 4.33. The maximum absolute atomic E-state index is 5.91. The summed E-state index contributed by atoms with van der Waals surface area (Å²) >= 11 is 0. The minimum atomic E-state index is 0.0114. The van der Waals surface area contributed by atoms with Crippen LogP contribution in [0.3, 0.4) is 0 Å². The predicted molar refractivity (Wildman–Crippen MR) is 101 cm³/mol. The fourth-order valence-corrected chi connectivity index (χ4v) is 3.08. The van der Waals surface area contributed by atoms with E-state index < -0.39 is 0 Å². The van der Waals surface area contributed by atoms with Crippen molar-refractivity contribution in [1.82, 2.24) is 20.0 Å². The highest BCUT2D eigenvalue weighted by molar-refractivity contribution is 5.80. The number of ether oxygens (including phenoxy) is 2. The molecule has 7 heteroatoms. The van der Waals surface area contributed by atoms with Crippen LogP contribution in [0, 0.1) is 0 Å². The highest BCUT2D eigenvalue weighted by Crippen LogP contribution is 2.21. The van der Waals surface area contributed by atoms with Gasteiger partial charge in [0, 0.05) is 38.9 Å². The molecule has 2 aromatic rings. The van der Waals surface area contributed by atoms with Crippen LogP contribution in [0.5, 0.6) is 5.75 Å². The number of hydrogen-bond acceptors (Lipinski definition) is 4. The van der Waals surface area contributed by atoms with Crippen LogP contribution in [0.25, 0.3) is 0 Å². The normalized spacial score (nSPS) is 18.0. The van der Waals surface area contributed by atoms with Gasteiger partial charge in [0.25, 0.3) is 0 Å². The molecule has 1 N–H and O–H groups in total. The molecule has 1 unspecified atom stereocenters. The standard InChI is InChI=1S/C19H27N5O2/c1-4-25-17-7-5-6-15(10-17)11-21-19(20-2)24-8-9-26-18(14-24)16-12-22-23(3)13-16/h5-7,10,12-13,18H,4,8-9,11,14H2,1-3H3,(H,20,21). The van der Waals surface area contributed by atoms with Gasteiger partial charge in [0.1, 0.15) is 11.9 Å². The minimum absolute atomic E-state index is 0.0114. The van der Waals surface area contributed by atoms with Crippen molar-refractivity contribution in [1.29, 1.82) is 0 Å². The molecule has 0 saturated carbocycles. The van der Waals surface area contributed by atoms with Crippen LogP contribution in [-0.4, -0.2) is 54.0 Å². The Kier molecular flexibility index (Phi) is 6.12. The van der Waals surface area contributed by atoms with Crippen molar-refractivity contribution in [3.05, 3.63) is 47.8 Å². The van der Waals surface area contributed by atoms with Crippen molar-refractivity contribution in [2.45, 2.75) is 19.6 Å². The van der Waals surface area contributed by atoms with Crippen LogP contribution in [0.4, 0.5) is 0 Å². The summed E-state index contributed by atoms with van der Waals surface area (Å²) in [4.78, 5) is 6.67. The molecule has 7 nitrogen and oxygen atoms in total. The predicted octanol–water partition coefficient (Wildman–Crippen LogP) is 1.97. The van der Waals surface area contributed by atoms with E-state index in [1.165, 1.54) is 0 Å². The molecule has 2 heterocycles. The zero-order valence-corrected chi connectivity index (χ0v) is 15.7. The van der Waals surface area contributed by atoms with E-state index >= 15 is 0 Å². The number of aliphatic imine (C=N–C) groups is 1. The van der Waals surface area contributed by atoms with E-state index in [0.717, 1.165) is 35.9 Å². The molecule has 0 bridgehead atoms. The maximum atomic E-state index is 5.91. The highest BCUT2D eigenvalue weighted by atomic mass is 16.5. The molecular formula is C19H27N5O2. The molecule has 1 aliphatic heterocycles. The fourth-order valence-electron chi connectivity index (χ4n) is 3.08. The van der Waals surface area contributed by atoms with Crippen LogP contribution in [0.15, 0.2) is 41.7 Å². The Hall–Kier alpha value is -2.54. The van der Waals surface area contributed by atoms with Gasteiger partial charge in [-0.2, -0.15) is 5.10 Å². The summed E-state index contributed by atoms with van der Waals surface area (Å²) in [7, 11) is 3.73. The minimum Gasteiger partial charge on any atom is -0.494 e. The molecule has 1 saturated heterocycles. The van der Waals surface area contributed by atoms with Crippen molar-refractivity contribution in [3.8, 4) is 5.75 Å². The van der Waals surface area contributed by atoms with Crippen molar-refractivity contribution in [2.75, 3.05) is 33.4 Å². The Morgan fingerprint density at radius 2 is 2.35 bits per heavy atom. The molecule has 0 amide bonds. The smallest absolute Gasteiger partial charge is 0.194 e. The first-order valence-corrected chi connectivity index (χ1v) is 8.97. The number of hydrogen-bond donors (Lipinski definition) is 1. The number of morpholine rings is 1. The first-order valence-electron chi connectivity index (χ1n) is 8.97. The van der Waals surface area contributed by atoms with Gasteiger partial charge in [-0.25, -0.2) is 0 Å². The topological polar surface area (TPSA) is 63.9 Å². The van der Waals surface area contributed by atoms with Gasteiger partial charge in [0.05, 0.1) is 26.0 Å². The lowest BCUT2D eigenvalue weighted by molar-refractivity contribution is -0.00805. The van der Waals surface area contributed by atoms with Crippen molar-refractivity contribution in [3.63, 3.8) is 0 Å². The van der Waals surface area contributed by atoms with Gasteiger partial charge in [-0.05, 0) is 24.6 Å². The summed E-state index contributed by atoms with van der Waals surface area (Å²) in [6.07, 6.45) is 3.88. The maximum Gasteiger partial charge on any atom is 0.194 e. The summed E-state index contributed by atoms with van der Waals surface area (Å²) in [6, 6.07) is 8.13. The third-order valence-electron chi connectivity index (χ3n) is 4.33. The first kappa shape index (κ1) is 18.3. The van der Waals surface area contributed by atoms with Crippen LogP contribution in [-0.2, 0) is 18.3 Å². The number of aryl methyl sites for hydroxylation is 1. The molecule has 0 radical (unpaired) electrons. The Morgan fingerprint density at radius 3 is 3.08 bits per heavy atom. The Balaban J connectivity index is 1.60. The molecule has 1 fully saturated rings. The van der Waals surface area contributed by atoms with E-state index in [1.807, 2.05) is 45.5 Å². The highest BCUT2D eigenvalue weighted by Gasteiger charge is 2.25. The molecule has 26 heavy (non-hydrogen) atoms. The van der Waals surface area contributed by atoms with Gasteiger partial charge in [-0.3, -0.25) is 9.67 Å². The molecule has 0 aliphatic carbocycles. The summed E-state index contributed by atoms with van der Waals surface area (Å²) in [6.45, 7) is 5.59.